The van der Waals surface area contributed by atoms with E-state index in [1.54, 1.807) is 12.4 Å². The van der Waals surface area contributed by atoms with Gasteiger partial charge in [-0.15, -0.1) is 0 Å². The largest absolute Gasteiger partial charge is 0.473 e. The number of hydrogen-bond donors (Lipinski definition) is 1. The minimum Gasteiger partial charge on any atom is -0.473 e. The molecular weight excluding hydrogens is 456 g/mol. The highest BCUT2D eigenvalue weighted by Gasteiger charge is 2.12. The van der Waals surface area contributed by atoms with Crippen molar-refractivity contribution in [3.63, 3.8) is 0 Å². The Balaban J connectivity index is 1.68. The van der Waals surface area contributed by atoms with Gasteiger partial charge in [0.25, 0.3) is 5.56 Å². The number of aromatic nitrogens is 4. The van der Waals surface area contributed by atoms with E-state index in [9.17, 15) is 4.79 Å². The minimum absolute atomic E-state index is 0.194. The molecule has 0 saturated heterocycles. The Kier molecular flexibility index (Phi) is 5.77. The molecule has 2 heterocycles. The lowest BCUT2D eigenvalue weighted by Gasteiger charge is -2.10. The van der Waals surface area contributed by atoms with E-state index in [1.165, 1.54) is 6.33 Å². The van der Waals surface area contributed by atoms with E-state index < -0.39 is 0 Å². The summed E-state index contributed by atoms with van der Waals surface area (Å²) in [6.07, 6.45) is 4.49. The van der Waals surface area contributed by atoms with Crippen LogP contribution in [0.3, 0.4) is 0 Å². The number of halogens is 2. The second-order valence-electron chi connectivity index (χ2n) is 4.80. The molecule has 0 aliphatic rings. The van der Waals surface area contributed by atoms with E-state index in [4.69, 9.17) is 9.47 Å². The van der Waals surface area contributed by atoms with Crippen molar-refractivity contribution in [2.45, 2.75) is 0 Å². The first-order chi connectivity index (χ1) is 12.1. The zero-order valence-corrected chi connectivity index (χ0v) is 15.9. The van der Waals surface area contributed by atoms with E-state index in [2.05, 4.69) is 51.8 Å². The Morgan fingerprint density at radius 3 is 2.32 bits per heavy atom. The Morgan fingerprint density at radius 1 is 0.920 bits per heavy atom. The third-order valence-corrected chi connectivity index (χ3v) is 4.04. The Hall–Kier alpha value is -2.26. The van der Waals surface area contributed by atoms with Crippen LogP contribution in [0, 0.1) is 0 Å². The number of aromatic amines is 1. The maximum atomic E-state index is 12.2. The van der Waals surface area contributed by atoms with Crippen molar-refractivity contribution in [3.05, 3.63) is 62.3 Å². The molecule has 0 spiro atoms. The van der Waals surface area contributed by atoms with E-state index in [0.29, 0.717) is 11.1 Å². The lowest BCUT2D eigenvalue weighted by molar-refractivity contribution is 0.201. The summed E-state index contributed by atoms with van der Waals surface area (Å²) in [5.41, 5.74) is 0.809. The normalized spacial score (nSPS) is 10.5. The summed E-state index contributed by atoms with van der Waals surface area (Å²) in [5.74, 6) is 0.242. The molecule has 25 heavy (non-hydrogen) atoms. The molecule has 1 N–H and O–H groups in total. The van der Waals surface area contributed by atoms with Crippen LogP contribution < -0.4 is 15.0 Å². The molecule has 1 aromatic carbocycles. The van der Waals surface area contributed by atoms with Gasteiger partial charge in [0, 0.05) is 16.9 Å². The van der Waals surface area contributed by atoms with Crippen LogP contribution in [0.2, 0.25) is 0 Å². The minimum atomic E-state index is -0.274. The lowest BCUT2D eigenvalue weighted by Crippen LogP contribution is -2.16. The highest BCUT2D eigenvalue weighted by molar-refractivity contribution is 9.10. The van der Waals surface area contributed by atoms with Crippen molar-refractivity contribution in [1.82, 2.24) is 19.9 Å². The monoisotopic (exact) mass is 466 g/mol. The van der Waals surface area contributed by atoms with E-state index in [-0.39, 0.29) is 30.7 Å². The van der Waals surface area contributed by atoms with Crippen molar-refractivity contribution in [2.75, 3.05) is 13.2 Å². The molecule has 9 heteroatoms. The van der Waals surface area contributed by atoms with Gasteiger partial charge in [-0.3, -0.25) is 4.79 Å². The Bertz CT molecular complexity index is 899. The molecule has 7 nitrogen and oxygen atoms in total. The fourth-order valence-corrected chi connectivity index (χ4v) is 2.48. The van der Waals surface area contributed by atoms with Crippen LogP contribution in [0.1, 0.15) is 0 Å². The molecule has 0 aliphatic carbocycles. The average molecular weight is 468 g/mol. The molecule has 0 radical (unpaired) electrons. The standard InChI is InChI=1S/C16H12Br2N4O3/c17-11-3-1-10(2-4-11)13-14(23)21-9-22-15(13)24-5-6-25-16-19-7-12(18)8-20-16/h1-4,7-9H,5-6H2,(H,21,22,23). The predicted octanol–water partition coefficient (Wildman–Crippen LogP) is 3.21. The van der Waals surface area contributed by atoms with Crippen LogP contribution >= 0.6 is 31.9 Å². The van der Waals surface area contributed by atoms with Crippen LogP contribution in [0.4, 0.5) is 0 Å². The third kappa shape index (κ3) is 4.64. The Morgan fingerprint density at radius 2 is 1.60 bits per heavy atom. The highest BCUT2D eigenvalue weighted by atomic mass is 79.9. The maximum Gasteiger partial charge on any atom is 0.316 e. The fraction of sp³-hybridized carbons (Fsp3) is 0.125. The van der Waals surface area contributed by atoms with Gasteiger partial charge < -0.3 is 14.5 Å². The molecule has 0 bridgehead atoms. The van der Waals surface area contributed by atoms with Gasteiger partial charge in [0.05, 0.1) is 10.8 Å². The maximum absolute atomic E-state index is 12.2. The van der Waals surface area contributed by atoms with E-state index >= 15 is 0 Å². The molecule has 0 unspecified atom stereocenters. The number of nitrogens with one attached hydrogen (secondary N) is 1. The summed E-state index contributed by atoms with van der Waals surface area (Å²) in [7, 11) is 0. The molecule has 0 fully saturated rings. The molecule has 3 aromatic rings. The second kappa shape index (κ2) is 8.21. The van der Waals surface area contributed by atoms with Crippen molar-refractivity contribution >= 4 is 31.9 Å². The summed E-state index contributed by atoms with van der Waals surface area (Å²) in [4.78, 5) is 26.8. The van der Waals surface area contributed by atoms with Crippen molar-refractivity contribution in [1.29, 1.82) is 0 Å². The molecule has 0 atom stereocenters. The van der Waals surface area contributed by atoms with E-state index in [1.807, 2.05) is 24.3 Å². The van der Waals surface area contributed by atoms with Gasteiger partial charge in [-0.1, -0.05) is 28.1 Å². The first kappa shape index (κ1) is 17.6. The summed E-state index contributed by atoms with van der Waals surface area (Å²) in [5, 5.41) is 0. The topological polar surface area (TPSA) is 90.0 Å². The SMILES string of the molecule is O=c1[nH]cnc(OCCOc2ncc(Br)cn2)c1-c1ccc(Br)cc1. The summed E-state index contributed by atoms with van der Waals surface area (Å²) in [6, 6.07) is 7.57. The van der Waals surface area contributed by atoms with Crippen molar-refractivity contribution < 1.29 is 9.47 Å². The first-order valence-electron chi connectivity index (χ1n) is 7.20. The predicted molar refractivity (Wildman–Crippen MR) is 98.7 cm³/mol. The van der Waals surface area contributed by atoms with Gasteiger partial charge >= 0.3 is 6.01 Å². The number of rotatable bonds is 6. The average Bonchev–Trinajstić information content (AvgIpc) is 2.61. The van der Waals surface area contributed by atoms with Crippen molar-refractivity contribution in [2.24, 2.45) is 0 Å². The van der Waals surface area contributed by atoms with Gasteiger partial charge in [-0.2, -0.15) is 0 Å². The fourth-order valence-electron chi connectivity index (χ4n) is 2.01. The summed E-state index contributed by atoms with van der Waals surface area (Å²) >= 11 is 6.62. The van der Waals surface area contributed by atoms with Gasteiger partial charge in [-0.05, 0) is 33.6 Å². The third-order valence-electron chi connectivity index (χ3n) is 3.10. The second-order valence-corrected chi connectivity index (χ2v) is 6.63. The summed E-state index contributed by atoms with van der Waals surface area (Å²) < 4.78 is 12.7. The number of nitrogens with zero attached hydrogens (tertiary/aromatic N) is 3. The molecule has 2 aromatic heterocycles. The molecular formula is C16H12Br2N4O3. The number of ether oxygens (including phenoxy) is 2. The molecule has 0 saturated carbocycles. The van der Waals surface area contributed by atoms with E-state index in [0.717, 1.165) is 8.95 Å². The van der Waals surface area contributed by atoms with Crippen LogP contribution in [0.5, 0.6) is 11.9 Å². The van der Waals surface area contributed by atoms with Crippen LogP contribution in [-0.2, 0) is 0 Å². The zero-order chi connectivity index (χ0) is 17.6. The van der Waals surface area contributed by atoms with Gasteiger partial charge in [0.15, 0.2) is 0 Å². The quantitative estimate of drug-likeness (QED) is 0.560. The first-order valence-corrected chi connectivity index (χ1v) is 8.79. The summed E-state index contributed by atoms with van der Waals surface area (Å²) in [6.45, 7) is 0.412. The molecule has 0 amide bonds. The lowest BCUT2D eigenvalue weighted by atomic mass is 10.1. The van der Waals surface area contributed by atoms with Gasteiger partial charge in [0.1, 0.15) is 18.8 Å². The van der Waals surface area contributed by atoms with Crippen LogP contribution in [0.25, 0.3) is 11.1 Å². The zero-order valence-electron chi connectivity index (χ0n) is 12.8. The Labute approximate surface area is 159 Å². The number of hydrogen-bond acceptors (Lipinski definition) is 6. The van der Waals surface area contributed by atoms with Crippen molar-refractivity contribution in [3.8, 4) is 23.0 Å². The molecule has 0 aliphatic heterocycles. The smallest absolute Gasteiger partial charge is 0.316 e. The molecule has 128 valence electrons. The van der Waals surface area contributed by atoms with Gasteiger partial charge in [0.2, 0.25) is 5.88 Å². The van der Waals surface area contributed by atoms with Gasteiger partial charge in [-0.25, -0.2) is 15.0 Å². The van der Waals surface area contributed by atoms with Crippen LogP contribution in [0.15, 0.2) is 56.7 Å². The highest BCUT2D eigenvalue weighted by Crippen LogP contribution is 2.25. The number of H-pyrrole nitrogens is 1. The van der Waals surface area contributed by atoms with Crippen LogP contribution in [-0.4, -0.2) is 33.1 Å². The number of benzene rings is 1. The molecule has 3 rings (SSSR count).